The van der Waals surface area contributed by atoms with E-state index in [9.17, 15) is 0 Å². The minimum absolute atomic E-state index is 0.748. The maximum absolute atomic E-state index is 3.46. The molecule has 0 bridgehead atoms. The maximum atomic E-state index is 3.46. The molecule has 0 radical (unpaired) electrons. The lowest BCUT2D eigenvalue weighted by atomic mass is 10.1. The molecule has 2 unspecified atom stereocenters. The van der Waals surface area contributed by atoms with Crippen molar-refractivity contribution in [1.29, 1.82) is 0 Å². The summed E-state index contributed by atoms with van der Waals surface area (Å²) >= 11 is 0. The molecular formula is C12H25N3. The maximum Gasteiger partial charge on any atom is 0.0195 e. The molecule has 2 fully saturated rings. The first-order valence-corrected chi connectivity index (χ1v) is 6.46. The number of rotatable bonds is 3. The average molecular weight is 211 g/mol. The van der Waals surface area contributed by atoms with E-state index in [0.717, 1.165) is 12.0 Å². The summed E-state index contributed by atoms with van der Waals surface area (Å²) in [5, 5.41) is 3.46. The van der Waals surface area contributed by atoms with Crippen molar-refractivity contribution in [2.24, 2.45) is 5.92 Å². The Kier molecular flexibility index (Phi) is 4.00. The molecule has 3 nitrogen and oxygen atoms in total. The van der Waals surface area contributed by atoms with Gasteiger partial charge >= 0.3 is 0 Å². The minimum Gasteiger partial charge on any atom is -0.316 e. The molecule has 3 heteroatoms. The van der Waals surface area contributed by atoms with E-state index >= 15 is 0 Å². The van der Waals surface area contributed by atoms with E-state index in [1.165, 1.54) is 52.2 Å². The van der Waals surface area contributed by atoms with E-state index < -0.39 is 0 Å². The molecule has 0 amide bonds. The quantitative estimate of drug-likeness (QED) is 0.738. The second-order valence-electron chi connectivity index (χ2n) is 5.10. The van der Waals surface area contributed by atoms with Crippen molar-refractivity contribution in [3.8, 4) is 0 Å². The van der Waals surface area contributed by atoms with Crippen molar-refractivity contribution in [3.05, 3.63) is 0 Å². The van der Waals surface area contributed by atoms with E-state index in [1.807, 2.05) is 0 Å². The standard InChI is InChI=1S/C12H25N3/c1-3-15-7-6-14(9-11(15)2)10-12-4-5-13-8-12/h11-13H,3-10H2,1-2H3. The molecule has 0 saturated carbocycles. The predicted molar refractivity (Wildman–Crippen MR) is 64.1 cm³/mol. The Morgan fingerprint density at radius 3 is 2.80 bits per heavy atom. The SMILES string of the molecule is CCN1CCN(CC2CCNC2)CC1C. The molecule has 2 atom stereocenters. The molecule has 2 saturated heterocycles. The van der Waals surface area contributed by atoms with Gasteiger partial charge in [0.25, 0.3) is 0 Å². The van der Waals surface area contributed by atoms with Crippen LogP contribution in [0.3, 0.4) is 0 Å². The van der Waals surface area contributed by atoms with Crippen LogP contribution in [0.4, 0.5) is 0 Å². The molecule has 0 aromatic rings. The Hall–Kier alpha value is -0.120. The highest BCUT2D eigenvalue weighted by molar-refractivity contribution is 4.82. The fraction of sp³-hybridized carbons (Fsp3) is 1.00. The summed E-state index contributed by atoms with van der Waals surface area (Å²) in [5.41, 5.74) is 0. The van der Waals surface area contributed by atoms with Crippen molar-refractivity contribution in [2.45, 2.75) is 26.3 Å². The van der Waals surface area contributed by atoms with Crippen molar-refractivity contribution >= 4 is 0 Å². The molecule has 0 spiro atoms. The minimum atomic E-state index is 0.748. The van der Waals surface area contributed by atoms with E-state index in [2.05, 4.69) is 29.0 Å². The van der Waals surface area contributed by atoms with Gasteiger partial charge in [0.05, 0.1) is 0 Å². The number of piperazine rings is 1. The van der Waals surface area contributed by atoms with Crippen LogP contribution < -0.4 is 5.32 Å². The zero-order chi connectivity index (χ0) is 10.7. The Morgan fingerprint density at radius 1 is 1.33 bits per heavy atom. The second kappa shape index (κ2) is 5.28. The van der Waals surface area contributed by atoms with Crippen LogP contribution >= 0.6 is 0 Å². The Bertz CT molecular complexity index is 189. The second-order valence-corrected chi connectivity index (χ2v) is 5.10. The summed E-state index contributed by atoms with van der Waals surface area (Å²) in [5.74, 6) is 0.908. The number of hydrogen-bond acceptors (Lipinski definition) is 3. The molecular weight excluding hydrogens is 186 g/mol. The molecule has 2 aliphatic rings. The average Bonchev–Trinajstić information content (AvgIpc) is 2.71. The van der Waals surface area contributed by atoms with Gasteiger partial charge < -0.3 is 10.2 Å². The Balaban J connectivity index is 1.75. The van der Waals surface area contributed by atoms with Crippen molar-refractivity contribution in [1.82, 2.24) is 15.1 Å². The van der Waals surface area contributed by atoms with Crippen LogP contribution in [0.2, 0.25) is 0 Å². The lowest BCUT2D eigenvalue weighted by Gasteiger charge is -2.40. The van der Waals surface area contributed by atoms with Gasteiger partial charge in [-0.05, 0) is 38.9 Å². The smallest absolute Gasteiger partial charge is 0.0195 e. The van der Waals surface area contributed by atoms with Gasteiger partial charge in [-0.15, -0.1) is 0 Å². The highest BCUT2D eigenvalue weighted by Gasteiger charge is 2.25. The number of likely N-dealkylation sites (N-methyl/N-ethyl adjacent to an activating group) is 1. The third-order valence-corrected chi connectivity index (χ3v) is 3.93. The van der Waals surface area contributed by atoms with E-state index in [1.54, 1.807) is 0 Å². The molecule has 0 aromatic heterocycles. The third kappa shape index (κ3) is 2.92. The topological polar surface area (TPSA) is 18.5 Å². The molecule has 2 aliphatic heterocycles. The van der Waals surface area contributed by atoms with E-state index in [0.29, 0.717) is 0 Å². The first-order valence-electron chi connectivity index (χ1n) is 6.46. The lowest BCUT2D eigenvalue weighted by Crippen LogP contribution is -2.52. The number of hydrogen-bond donors (Lipinski definition) is 1. The Morgan fingerprint density at radius 2 is 2.20 bits per heavy atom. The summed E-state index contributed by atoms with van der Waals surface area (Å²) in [7, 11) is 0. The first kappa shape index (κ1) is 11.4. The fourth-order valence-corrected chi connectivity index (χ4v) is 2.94. The van der Waals surface area contributed by atoms with Gasteiger partial charge in [-0.1, -0.05) is 6.92 Å². The Labute approximate surface area is 93.8 Å². The third-order valence-electron chi connectivity index (χ3n) is 3.93. The van der Waals surface area contributed by atoms with Crippen LogP contribution in [0.1, 0.15) is 20.3 Å². The molecule has 15 heavy (non-hydrogen) atoms. The number of nitrogens with one attached hydrogen (secondary N) is 1. The van der Waals surface area contributed by atoms with Gasteiger partial charge in [0.2, 0.25) is 0 Å². The lowest BCUT2D eigenvalue weighted by molar-refractivity contribution is 0.0790. The summed E-state index contributed by atoms with van der Waals surface area (Å²) < 4.78 is 0. The molecule has 1 N–H and O–H groups in total. The zero-order valence-electron chi connectivity index (χ0n) is 10.2. The predicted octanol–water partition coefficient (Wildman–Crippen LogP) is 0.622. The van der Waals surface area contributed by atoms with Gasteiger partial charge in [0.15, 0.2) is 0 Å². The van der Waals surface area contributed by atoms with Crippen LogP contribution in [-0.2, 0) is 0 Å². The van der Waals surface area contributed by atoms with Crippen molar-refractivity contribution in [2.75, 3.05) is 45.8 Å². The van der Waals surface area contributed by atoms with Crippen molar-refractivity contribution in [3.63, 3.8) is 0 Å². The highest BCUT2D eigenvalue weighted by Crippen LogP contribution is 2.14. The van der Waals surface area contributed by atoms with Gasteiger partial charge in [0, 0.05) is 32.2 Å². The van der Waals surface area contributed by atoms with Gasteiger partial charge in [-0.3, -0.25) is 4.90 Å². The molecule has 0 aliphatic carbocycles. The van der Waals surface area contributed by atoms with Gasteiger partial charge in [0.1, 0.15) is 0 Å². The van der Waals surface area contributed by atoms with E-state index in [4.69, 9.17) is 0 Å². The van der Waals surface area contributed by atoms with Crippen LogP contribution in [-0.4, -0.2) is 61.7 Å². The molecule has 2 rings (SSSR count). The molecule has 0 aromatic carbocycles. The largest absolute Gasteiger partial charge is 0.316 e. The van der Waals surface area contributed by atoms with Gasteiger partial charge in [-0.25, -0.2) is 0 Å². The van der Waals surface area contributed by atoms with E-state index in [-0.39, 0.29) is 0 Å². The highest BCUT2D eigenvalue weighted by atomic mass is 15.3. The summed E-state index contributed by atoms with van der Waals surface area (Å²) in [4.78, 5) is 5.25. The van der Waals surface area contributed by atoms with Gasteiger partial charge in [-0.2, -0.15) is 0 Å². The zero-order valence-corrected chi connectivity index (χ0v) is 10.2. The van der Waals surface area contributed by atoms with Crippen LogP contribution in [0, 0.1) is 5.92 Å². The van der Waals surface area contributed by atoms with Crippen molar-refractivity contribution < 1.29 is 0 Å². The van der Waals surface area contributed by atoms with Crippen LogP contribution in [0.5, 0.6) is 0 Å². The molecule has 88 valence electrons. The normalized spacial score (nSPS) is 34.8. The van der Waals surface area contributed by atoms with Crippen LogP contribution in [0.25, 0.3) is 0 Å². The first-order chi connectivity index (χ1) is 7.29. The van der Waals surface area contributed by atoms with Crippen LogP contribution in [0.15, 0.2) is 0 Å². The fourth-order valence-electron chi connectivity index (χ4n) is 2.94. The number of nitrogens with zero attached hydrogens (tertiary/aromatic N) is 2. The summed E-state index contributed by atoms with van der Waals surface area (Å²) in [6.45, 7) is 13.4. The summed E-state index contributed by atoms with van der Waals surface area (Å²) in [6.07, 6.45) is 1.38. The monoisotopic (exact) mass is 211 g/mol. The summed E-state index contributed by atoms with van der Waals surface area (Å²) in [6, 6.07) is 0.748. The molecule has 2 heterocycles.